The predicted octanol–water partition coefficient (Wildman–Crippen LogP) is 5.04. The molecule has 0 fully saturated rings. The van der Waals surface area contributed by atoms with Gasteiger partial charge in [0.05, 0.1) is 23.9 Å². The summed E-state index contributed by atoms with van der Waals surface area (Å²) in [5.41, 5.74) is 8.73. The van der Waals surface area contributed by atoms with E-state index in [1.807, 2.05) is 24.3 Å². The number of methoxy groups -OCH3 is 1. The van der Waals surface area contributed by atoms with Crippen LogP contribution in [0.15, 0.2) is 84.9 Å². The maximum Gasteiger partial charge on any atom is 0.259 e. The third-order valence-corrected chi connectivity index (χ3v) is 8.57. The second kappa shape index (κ2) is 10.8. The summed E-state index contributed by atoms with van der Waals surface area (Å²) in [6.07, 6.45) is 2.80. The number of para-hydroxylation sites is 2. The second-order valence-corrected chi connectivity index (χ2v) is 11.2. The molecule has 10 heteroatoms. The van der Waals surface area contributed by atoms with Crippen LogP contribution >= 0.6 is 0 Å². The third kappa shape index (κ3) is 4.49. The van der Waals surface area contributed by atoms with Gasteiger partial charge >= 0.3 is 0 Å². The van der Waals surface area contributed by atoms with Crippen LogP contribution in [0.1, 0.15) is 65.7 Å². The zero-order valence-corrected chi connectivity index (χ0v) is 24.4. The van der Waals surface area contributed by atoms with Crippen molar-refractivity contribution in [2.75, 3.05) is 23.9 Å². The fourth-order valence-electron chi connectivity index (χ4n) is 6.20. The molecule has 0 bridgehead atoms. The fraction of sp³-hybridized carbons (Fsp3) is 0.171. The van der Waals surface area contributed by atoms with Crippen LogP contribution < -0.4 is 20.7 Å². The van der Waals surface area contributed by atoms with Gasteiger partial charge < -0.3 is 25.7 Å². The normalized spacial score (nSPS) is 15.4. The molecule has 0 radical (unpaired) electrons. The van der Waals surface area contributed by atoms with Crippen molar-refractivity contribution >= 4 is 45.8 Å². The van der Waals surface area contributed by atoms with E-state index in [4.69, 9.17) is 10.5 Å². The molecule has 4 N–H and O–H groups in total. The standard InChI is InChI=1S/C35H29N5O5/c1-45-28-19-21(33(44)40-18-7-6-10-20-9-2-5-15-27(20)40)16-17-24(28)32(43)37-25-13-8-14-26-29(25)39-34(38-26)35(36)30(41)22-11-3-4-12-23(22)31(35)42/h2-5,8-9,11-17,19H,6-7,10,18,36H2,1H3,(H,37,43)(H,38,39). The number of aromatic amines is 1. The van der Waals surface area contributed by atoms with E-state index >= 15 is 0 Å². The van der Waals surface area contributed by atoms with Crippen LogP contribution in [-0.2, 0) is 12.0 Å². The first-order chi connectivity index (χ1) is 21.8. The van der Waals surface area contributed by atoms with Gasteiger partial charge in [0, 0.05) is 28.9 Å². The fourth-order valence-corrected chi connectivity index (χ4v) is 6.20. The van der Waals surface area contributed by atoms with Gasteiger partial charge in [-0.3, -0.25) is 19.2 Å². The first-order valence-electron chi connectivity index (χ1n) is 14.7. The van der Waals surface area contributed by atoms with E-state index < -0.39 is 23.0 Å². The van der Waals surface area contributed by atoms with Gasteiger partial charge in [0.2, 0.25) is 5.54 Å². The number of ketones is 2. The minimum Gasteiger partial charge on any atom is -0.496 e. The largest absolute Gasteiger partial charge is 0.496 e. The number of nitrogens with zero attached hydrogens (tertiary/aromatic N) is 2. The van der Waals surface area contributed by atoms with E-state index in [0.717, 1.165) is 30.5 Å². The Hall–Kier alpha value is -5.61. The van der Waals surface area contributed by atoms with Crippen molar-refractivity contribution < 1.29 is 23.9 Å². The molecule has 7 rings (SSSR count). The highest BCUT2D eigenvalue weighted by Crippen LogP contribution is 2.36. The van der Waals surface area contributed by atoms with Crippen LogP contribution in [0, 0.1) is 0 Å². The molecule has 2 heterocycles. The molecule has 1 aromatic heterocycles. The molecule has 0 unspecified atom stereocenters. The number of aromatic nitrogens is 2. The number of benzene rings is 4. The zero-order chi connectivity index (χ0) is 31.3. The highest BCUT2D eigenvalue weighted by atomic mass is 16.5. The van der Waals surface area contributed by atoms with E-state index in [-0.39, 0.29) is 34.2 Å². The van der Waals surface area contributed by atoms with Crippen molar-refractivity contribution in [2.24, 2.45) is 5.73 Å². The minimum absolute atomic E-state index is 0.0130. The number of amides is 2. The maximum atomic E-state index is 13.7. The molecule has 224 valence electrons. The molecule has 45 heavy (non-hydrogen) atoms. The summed E-state index contributed by atoms with van der Waals surface area (Å²) < 4.78 is 5.56. The number of Topliss-reactive ketones (excluding diaryl/α,β-unsaturated/α-hetero) is 2. The number of nitrogens with two attached hydrogens (primary N) is 1. The Bertz CT molecular complexity index is 2010. The quantitative estimate of drug-likeness (QED) is 0.240. The van der Waals surface area contributed by atoms with Crippen LogP contribution in [0.2, 0.25) is 0 Å². The molecule has 2 amide bonds. The molecule has 1 aliphatic heterocycles. The molecular formula is C35H29N5O5. The number of fused-ring (bicyclic) bond motifs is 3. The van der Waals surface area contributed by atoms with E-state index in [9.17, 15) is 19.2 Å². The van der Waals surface area contributed by atoms with Crippen LogP contribution in [-0.4, -0.2) is 47.0 Å². The summed E-state index contributed by atoms with van der Waals surface area (Å²) in [6.45, 7) is 0.601. The van der Waals surface area contributed by atoms with Crippen LogP contribution in [0.5, 0.6) is 5.75 Å². The summed E-state index contributed by atoms with van der Waals surface area (Å²) in [7, 11) is 1.44. The minimum atomic E-state index is -2.01. The van der Waals surface area contributed by atoms with E-state index in [2.05, 4.69) is 15.3 Å². The van der Waals surface area contributed by atoms with E-state index in [1.165, 1.54) is 7.11 Å². The zero-order valence-electron chi connectivity index (χ0n) is 24.4. The number of ether oxygens (including phenoxy) is 1. The Kier molecular flexibility index (Phi) is 6.78. The first kappa shape index (κ1) is 28.2. The van der Waals surface area contributed by atoms with Crippen molar-refractivity contribution in [3.05, 3.63) is 119 Å². The lowest BCUT2D eigenvalue weighted by Gasteiger charge is -2.23. The molecule has 0 saturated carbocycles. The molecule has 5 aromatic rings. The topological polar surface area (TPSA) is 147 Å². The van der Waals surface area contributed by atoms with Crippen molar-refractivity contribution in [3.8, 4) is 5.75 Å². The molecule has 10 nitrogen and oxygen atoms in total. The number of imidazole rings is 1. The monoisotopic (exact) mass is 599 g/mol. The van der Waals surface area contributed by atoms with Crippen molar-refractivity contribution in [3.63, 3.8) is 0 Å². The van der Waals surface area contributed by atoms with Crippen molar-refractivity contribution in [1.82, 2.24) is 9.97 Å². The molecule has 2 aliphatic rings. The number of rotatable bonds is 5. The summed E-state index contributed by atoms with van der Waals surface area (Å²) in [4.78, 5) is 63.1. The smallest absolute Gasteiger partial charge is 0.259 e. The summed E-state index contributed by atoms with van der Waals surface area (Å²) in [5, 5.41) is 2.86. The van der Waals surface area contributed by atoms with Gasteiger partial charge in [0.1, 0.15) is 17.1 Å². The number of hydrogen-bond acceptors (Lipinski definition) is 7. The van der Waals surface area contributed by atoms with Crippen LogP contribution in [0.3, 0.4) is 0 Å². The molecule has 0 saturated heterocycles. The number of nitrogens with one attached hydrogen (secondary N) is 2. The summed E-state index contributed by atoms with van der Waals surface area (Å²) in [5.74, 6) is -1.53. The van der Waals surface area contributed by atoms with Crippen LogP contribution in [0.4, 0.5) is 11.4 Å². The number of carbonyl (C=O) groups is 4. The highest BCUT2D eigenvalue weighted by Gasteiger charge is 2.53. The number of H-pyrrole nitrogens is 1. The number of anilines is 2. The SMILES string of the molecule is COc1cc(C(=O)N2CCCCc3ccccc32)ccc1C(=O)Nc1cccc2[nH]c(C3(N)C(=O)c4ccccc4C3=O)nc12. The van der Waals surface area contributed by atoms with Gasteiger partial charge in [-0.1, -0.05) is 48.5 Å². The summed E-state index contributed by atoms with van der Waals surface area (Å²) in [6, 6.07) is 24.2. The Balaban J connectivity index is 1.17. The van der Waals surface area contributed by atoms with Gasteiger partial charge in [0.15, 0.2) is 11.6 Å². The van der Waals surface area contributed by atoms with Crippen molar-refractivity contribution in [1.29, 1.82) is 0 Å². The number of aryl methyl sites for hydroxylation is 1. The molecule has 4 aromatic carbocycles. The predicted molar refractivity (Wildman–Crippen MR) is 169 cm³/mol. The molecule has 0 spiro atoms. The second-order valence-electron chi connectivity index (χ2n) is 11.2. The summed E-state index contributed by atoms with van der Waals surface area (Å²) >= 11 is 0. The Morgan fingerprint density at radius 1 is 0.933 bits per heavy atom. The molecule has 0 atom stereocenters. The average Bonchev–Trinajstić information content (AvgIpc) is 3.50. The lowest BCUT2D eigenvalue weighted by atomic mass is 9.94. The third-order valence-electron chi connectivity index (χ3n) is 8.57. The highest BCUT2D eigenvalue weighted by molar-refractivity contribution is 6.32. The Morgan fingerprint density at radius 3 is 2.42 bits per heavy atom. The molecule has 1 aliphatic carbocycles. The number of hydrogen-bond donors (Lipinski definition) is 3. The average molecular weight is 600 g/mol. The lowest BCUT2D eigenvalue weighted by molar-refractivity contribution is 0.0791. The van der Waals surface area contributed by atoms with Crippen molar-refractivity contribution in [2.45, 2.75) is 24.8 Å². The van der Waals surface area contributed by atoms with Gasteiger partial charge in [-0.15, -0.1) is 0 Å². The van der Waals surface area contributed by atoms with Gasteiger partial charge in [-0.25, -0.2) is 4.98 Å². The Morgan fingerprint density at radius 2 is 1.67 bits per heavy atom. The lowest BCUT2D eigenvalue weighted by Crippen LogP contribution is -2.48. The van der Waals surface area contributed by atoms with E-state index in [0.29, 0.717) is 28.8 Å². The van der Waals surface area contributed by atoms with E-state index in [1.54, 1.807) is 65.6 Å². The number of carbonyl (C=O) groups excluding carboxylic acids is 4. The van der Waals surface area contributed by atoms with Gasteiger partial charge in [-0.2, -0.15) is 0 Å². The first-order valence-corrected chi connectivity index (χ1v) is 14.7. The van der Waals surface area contributed by atoms with Crippen LogP contribution in [0.25, 0.3) is 11.0 Å². The Labute approximate surface area is 258 Å². The van der Waals surface area contributed by atoms with Gasteiger partial charge in [-0.05, 0) is 61.2 Å². The molecular weight excluding hydrogens is 570 g/mol. The van der Waals surface area contributed by atoms with Gasteiger partial charge in [0.25, 0.3) is 11.8 Å². The maximum absolute atomic E-state index is 13.7.